The molecule has 1 heterocycles. The smallest absolute Gasteiger partial charge is 0.416 e. The average Bonchev–Trinajstić information content (AvgIpc) is 3.28. The molecule has 2 amide bonds. The molecule has 36 heavy (non-hydrogen) atoms. The van der Waals surface area contributed by atoms with Gasteiger partial charge in [-0.25, -0.2) is 14.6 Å². The number of anilines is 1. The Kier molecular flexibility index (Phi) is 7.30. The summed E-state index contributed by atoms with van der Waals surface area (Å²) < 4.78 is 38.4. The maximum atomic E-state index is 12.9. The summed E-state index contributed by atoms with van der Waals surface area (Å²) >= 11 is 6.01. The Bertz CT molecular complexity index is 1280. The number of halogens is 4. The van der Waals surface area contributed by atoms with Crippen molar-refractivity contribution in [1.29, 1.82) is 0 Å². The Morgan fingerprint density at radius 1 is 1.00 bits per heavy atom. The molecule has 1 unspecified atom stereocenters. The molecule has 3 aromatic rings. The number of hydrazone groups is 1. The van der Waals surface area contributed by atoms with Crippen molar-refractivity contribution in [3.8, 4) is 0 Å². The van der Waals surface area contributed by atoms with Gasteiger partial charge in [-0.3, -0.25) is 0 Å². The summed E-state index contributed by atoms with van der Waals surface area (Å²) in [7, 11) is 0. The standard InChI is InChI=1S/C26H21ClF3N3O3/c27-21-11-7-17(8-12-21)23-19(6-3-16-1-4-18(5-2-16)24(34)35)15-33(32-23)25(36)31-22-13-9-20(10-14-22)26(28,29)30/h1-2,4-5,7-14,19H,3,6,15H2,(H,31,36)(H,34,35). The Balaban J connectivity index is 1.49. The van der Waals surface area contributed by atoms with Crippen LogP contribution in [0.2, 0.25) is 5.02 Å². The predicted molar refractivity (Wildman–Crippen MR) is 130 cm³/mol. The van der Waals surface area contributed by atoms with Crippen molar-refractivity contribution >= 4 is 35.0 Å². The summed E-state index contributed by atoms with van der Waals surface area (Å²) in [4.78, 5) is 23.9. The zero-order chi connectivity index (χ0) is 25.9. The summed E-state index contributed by atoms with van der Waals surface area (Å²) in [5, 5.41) is 18.0. The first-order valence-electron chi connectivity index (χ1n) is 11.0. The lowest BCUT2D eigenvalue weighted by Gasteiger charge is -2.16. The van der Waals surface area contributed by atoms with Gasteiger partial charge in [0.25, 0.3) is 0 Å². The lowest BCUT2D eigenvalue weighted by molar-refractivity contribution is -0.137. The van der Waals surface area contributed by atoms with E-state index in [-0.39, 0.29) is 23.7 Å². The summed E-state index contributed by atoms with van der Waals surface area (Å²) in [5.41, 5.74) is 2.06. The molecule has 0 spiro atoms. The van der Waals surface area contributed by atoms with Crippen molar-refractivity contribution in [2.75, 3.05) is 11.9 Å². The zero-order valence-electron chi connectivity index (χ0n) is 18.8. The predicted octanol–water partition coefficient (Wildman–Crippen LogP) is 6.56. The van der Waals surface area contributed by atoms with E-state index in [4.69, 9.17) is 16.7 Å². The van der Waals surface area contributed by atoms with Crippen molar-refractivity contribution in [3.63, 3.8) is 0 Å². The van der Waals surface area contributed by atoms with Crippen molar-refractivity contribution < 1.29 is 27.9 Å². The van der Waals surface area contributed by atoms with Crippen LogP contribution in [0.15, 0.2) is 77.9 Å². The summed E-state index contributed by atoms with van der Waals surface area (Å²) in [5.74, 6) is -1.12. The fourth-order valence-electron chi connectivity index (χ4n) is 3.90. The number of alkyl halides is 3. The van der Waals surface area contributed by atoms with Crippen LogP contribution in [0.25, 0.3) is 0 Å². The van der Waals surface area contributed by atoms with Gasteiger partial charge in [-0.1, -0.05) is 35.9 Å². The molecule has 0 saturated carbocycles. The fraction of sp³-hybridized carbons (Fsp3) is 0.192. The highest BCUT2D eigenvalue weighted by Crippen LogP contribution is 2.30. The van der Waals surface area contributed by atoms with Crippen LogP contribution in [-0.4, -0.2) is 34.4 Å². The van der Waals surface area contributed by atoms with E-state index >= 15 is 0 Å². The van der Waals surface area contributed by atoms with Gasteiger partial charge >= 0.3 is 18.2 Å². The Morgan fingerprint density at radius 2 is 1.64 bits per heavy atom. The molecular weight excluding hydrogens is 495 g/mol. The number of carboxylic acids is 1. The number of hydrogen-bond acceptors (Lipinski definition) is 3. The van der Waals surface area contributed by atoms with Crippen molar-refractivity contribution in [1.82, 2.24) is 5.01 Å². The number of nitrogens with zero attached hydrogens (tertiary/aromatic N) is 2. The minimum Gasteiger partial charge on any atom is -0.478 e. The molecule has 1 aliphatic heterocycles. The first kappa shape index (κ1) is 25.2. The zero-order valence-corrected chi connectivity index (χ0v) is 19.6. The second-order valence-electron chi connectivity index (χ2n) is 8.32. The lowest BCUT2D eigenvalue weighted by atomic mass is 9.91. The van der Waals surface area contributed by atoms with E-state index in [1.165, 1.54) is 17.1 Å². The third kappa shape index (κ3) is 6.04. The molecule has 1 aliphatic rings. The van der Waals surface area contributed by atoms with Gasteiger partial charge in [0.2, 0.25) is 0 Å². The topological polar surface area (TPSA) is 82.0 Å². The molecule has 0 saturated heterocycles. The molecule has 0 radical (unpaired) electrons. The highest BCUT2D eigenvalue weighted by atomic mass is 35.5. The monoisotopic (exact) mass is 515 g/mol. The Hall–Kier alpha value is -3.85. The normalized spacial score (nSPS) is 15.5. The third-order valence-electron chi connectivity index (χ3n) is 5.83. The number of aromatic carboxylic acids is 1. The van der Waals surface area contributed by atoms with Crippen LogP contribution in [-0.2, 0) is 12.6 Å². The van der Waals surface area contributed by atoms with Crippen LogP contribution >= 0.6 is 11.6 Å². The van der Waals surface area contributed by atoms with E-state index < -0.39 is 23.7 Å². The van der Waals surface area contributed by atoms with Gasteiger partial charge < -0.3 is 10.4 Å². The van der Waals surface area contributed by atoms with E-state index in [0.29, 0.717) is 23.6 Å². The van der Waals surface area contributed by atoms with Crippen LogP contribution < -0.4 is 5.32 Å². The summed E-state index contributed by atoms with van der Waals surface area (Å²) in [6.07, 6.45) is -3.19. The molecule has 4 rings (SSSR count). The van der Waals surface area contributed by atoms with Gasteiger partial charge in [0.15, 0.2) is 0 Å². The number of carboxylic acid groups (broad SMARTS) is 1. The second kappa shape index (κ2) is 10.4. The van der Waals surface area contributed by atoms with Crippen LogP contribution in [0.5, 0.6) is 0 Å². The highest BCUT2D eigenvalue weighted by molar-refractivity contribution is 6.30. The highest BCUT2D eigenvalue weighted by Gasteiger charge is 2.32. The maximum Gasteiger partial charge on any atom is 0.416 e. The molecule has 10 heteroatoms. The van der Waals surface area contributed by atoms with E-state index in [0.717, 1.165) is 23.3 Å². The molecule has 0 fully saturated rings. The van der Waals surface area contributed by atoms with E-state index in [1.807, 2.05) is 12.1 Å². The first-order valence-corrected chi connectivity index (χ1v) is 11.4. The van der Waals surface area contributed by atoms with Gasteiger partial charge in [-0.2, -0.15) is 18.3 Å². The molecule has 6 nitrogen and oxygen atoms in total. The molecule has 3 aromatic carbocycles. The maximum absolute atomic E-state index is 12.9. The lowest BCUT2D eigenvalue weighted by Crippen LogP contribution is -2.30. The van der Waals surface area contributed by atoms with Crippen LogP contribution in [0.3, 0.4) is 0 Å². The first-order chi connectivity index (χ1) is 17.1. The number of urea groups is 1. The van der Waals surface area contributed by atoms with Crippen molar-refractivity contribution in [2.24, 2.45) is 11.0 Å². The number of amides is 2. The average molecular weight is 516 g/mol. The Labute approximate surface area is 210 Å². The number of aryl methyl sites for hydroxylation is 1. The van der Waals surface area contributed by atoms with Gasteiger partial charge in [0, 0.05) is 16.6 Å². The Morgan fingerprint density at radius 3 is 2.22 bits per heavy atom. The van der Waals surface area contributed by atoms with Gasteiger partial charge in [-0.05, 0) is 72.5 Å². The molecule has 2 N–H and O–H groups in total. The molecule has 0 aliphatic carbocycles. The van der Waals surface area contributed by atoms with Gasteiger partial charge in [-0.15, -0.1) is 0 Å². The van der Waals surface area contributed by atoms with E-state index in [1.54, 1.807) is 36.4 Å². The number of benzene rings is 3. The molecule has 186 valence electrons. The molecule has 0 bridgehead atoms. The van der Waals surface area contributed by atoms with Gasteiger partial charge in [0.05, 0.1) is 23.4 Å². The SMILES string of the molecule is O=C(O)c1ccc(CCC2CN(C(=O)Nc3ccc(C(F)(F)F)cc3)N=C2c2ccc(Cl)cc2)cc1. The molecule has 1 atom stereocenters. The van der Waals surface area contributed by atoms with Crippen molar-refractivity contribution in [2.45, 2.75) is 19.0 Å². The number of carbonyl (C=O) groups excluding carboxylic acids is 1. The number of carbonyl (C=O) groups is 2. The van der Waals surface area contributed by atoms with Crippen LogP contribution in [0.4, 0.5) is 23.7 Å². The minimum atomic E-state index is -4.46. The number of rotatable bonds is 6. The fourth-order valence-corrected chi connectivity index (χ4v) is 4.03. The number of nitrogens with one attached hydrogen (secondary N) is 1. The summed E-state index contributed by atoms with van der Waals surface area (Å²) in [6.45, 7) is 0.275. The minimum absolute atomic E-state index is 0.122. The van der Waals surface area contributed by atoms with Gasteiger partial charge in [0.1, 0.15) is 0 Å². The third-order valence-corrected chi connectivity index (χ3v) is 6.08. The molecule has 0 aromatic heterocycles. The molecular formula is C26H21ClF3N3O3. The van der Waals surface area contributed by atoms with Crippen LogP contribution in [0.1, 0.15) is 33.5 Å². The van der Waals surface area contributed by atoms with E-state index in [2.05, 4.69) is 10.4 Å². The van der Waals surface area contributed by atoms with Crippen molar-refractivity contribution in [3.05, 3.63) is 100 Å². The van der Waals surface area contributed by atoms with Crippen LogP contribution in [0, 0.1) is 5.92 Å². The quantitative estimate of drug-likeness (QED) is 0.390. The van der Waals surface area contributed by atoms with E-state index in [9.17, 15) is 22.8 Å². The second-order valence-corrected chi connectivity index (χ2v) is 8.75. The largest absolute Gasteiger partial charge is 0.478 e. The summed E-state index contributed by atoms with van der Waals surface area (Å²) in [6, 6.07) is 17.3. The number of hydrogen-bond donors (Lipinski definition) is 2.